The van der Waals surface area contributed by atoms with Gasteiger partial charge in [0, 0.05) is 12.1 Å². The van der Waals surface area contributed by atoms with Crippen molar-refractivity contribution in [2.75, 3.05) is 0 Å². The number of alkyl halides is 3. The summed E-state index contributed by atoms with van der Waals surface area (Å²) in [7, 11) is 0. The first-order valence-electron chi connectivity index (χ1n) is 7.24. The van der Waals surface area contributed by atoms with E-state index in [-0.39, 0.29) is 10.7 Å². The standard InChI is InChI=1S/C15H15F3N4OS/c1-4-5-12-21-13(23-22-12)9(3)24-14-10(7-19)11(15(16,17)18)6-8(2)20-14/h6,9H,4-5H2,1-3H3. The van der Waals surface area contributed by atoms with Gasteiger partial charge in [-0.3, -0.25) is 0 Å². The highest BCUT2D eigenvalue weighted by Gasteiger charge is 2.36. The molecule has 2 aromatic rings. The van der Waals surface area contributed by atoms with Gasteiger partial charge in [-0.15, -0.1) is 0 Å². The van der Waals surface area contributed by atoms with Crippen LogP contribution in [0.2, 0.25) is 0 Å². The molecule has 2 rings (SSSR count). The van der Waals surface area contributed by atoms with Gasteiger partial charge < -0.3 is 4.52 Å². The number of halogens is 3. The van der Waals surface area contributed by atoms with Crippen LogP contribution in [0.4, 0.5) is 13.2 Å². The van der Waals surface area contributed by atoms with Crippen LogP contribution in [-0.2, 0) is 12.6 Å². The predicted molar refractivity (Wildman–Crippen MR) is 81.3 cm³/mol. The summed E-state index contributed by atoms with van der Waals surface area (Å²) in [5.74, 6) is 0.845. The summed E-state index contributed by atoms with van der Waals surface area (Å²) in [5.41, 5.74) is -1.28. The topological polar surface area (TPSA) is 75.6 Å². The van der Waals surface area contributed by atoms with Crippen LogP contribution in [0.15, 0.2) is 15.6 Å². The van der Waals surface area contributed by atoms with E-state index in [1.807, 2.05) is 6.92 Å². The van der Waals surface area contributed by atoms with Gasteiger partial charge in [-0.2, -0.15) is 23.4 Å². The molecule has 2 heterocycles. The number of aryl methyl sites for hydroxylation is 2. The van der Waals surface area contributed by atoms with Gasteiger partial charge in [0.05, 0.1) is 16.4 Å². The molecule has 0 saturated heterocycles. The van der Waals surface area contributed by atoms with Crippen molar-refractivity contribution in [3.63, 3.8) is 0 Å². The second kappa shape index (κ2) is 7.21. The smallest absolute Gasteiger partial charge is 0.338 e. The molecule has 0 bridgehead atoms. The number of hydrogen-bond donors (Lipinski definition) is 0. The Morgan fingerprint density at radius 2 is 2.08 bits per heavy atom. The van der Waals surface area contributed by atoms with E-state index in [1.54, 1.807) is 13.0 Å². The molecule has 0 aromatic carbocycles. The quantitative estimate of drug-likeness (QED) is 0.736. The molecule has 24 heavy (non-hydrogen) atoms. The summed E-state index contributed by atoms with van der Waals surface area (Å²) < 4.78 is 44.5. The van der Waals surface area contributed by atoms with E-state index in [0.29, 0.717) is 18.1 Å². The Kier molecular flexibility index (Phi) is 5.49. The minimum Gasteiger partial charge on any atom is -0.338 e. The second-order valence-electron chi connectivity index (χ2n) is 5.16. The van der Waals surface area contributed by atoms with Crippen molar-refractivity contribution in [1.29, 1.82) is 5.26 Å². The Morgan fingerprint density at radius 3 is 2.67 bits per heavy atom. The van der Waals surface area contributed by atoms with Crippen LogP contribution in [0.1, 0.15) is 54.1 Å². The fourth-order valence-electron chi connectivity index (χ4n) is 2.04. The molecule has 0 aliphatic heterocycles. The highest BCUT2D eigenvalue weighted by atomic mass is 32.2. The minimum absolute atomic E-state index is 0.00701. The number of nitrogens with zero attached hydrogens (tertiary/aromatic N) is 4. The molecule has 0 aliphatic rings. The summed E-state index contributed by atoms with van der Waals surface area (Å²) in [6.07, 6.45) is -3.10. The van der Waals surface area contributed by atoms with Gasteiger partial charge >= 0.3 is 6.18 Å². The number of rotatable bonds is 5. The molecule has 9 heteroatoms. The first kappa shape index (κ1) is 18.3. The lowest BCUT2D eigenvalue weighted by Crippen LogP contribution is -2.11. The van der Waals surface area contributed by atoms with Crippen molar-refractivity contribution in [3.8, 4) is 6.07 Å². The van der Waals surface area contributed by atoms with Gasteiger partial charge in [-0.05, 0) is 26.3 Å². The van der Waals surface area contributed by atoms with Crippen LogP contribution in [-0.4, -0.2) is 15.1 Å². The lowest BCUT2D eigenvalue weighted by atomic mass is 10.1. The van der Waals surface area contributed by atoms with E-state index in [2.05, 4.69) is 15.1 Å². The van der Waals surface area contributed by atoms with Crippen molar-refractivity contribution in [2.24, 2.45) is 0 Å². The molecular weight excluding hydrogens is 341 g/mol. The number of thioether (sulfide) groups is 1. The average Bonchev–Trinajstić information content (AvgIpc) is 2.95. The summed E-state index contributed by atoms with van der Waals surface area (Å²) >= 11 is 0.994. The fraction of sp³-hybridized carbons (Fsp3) is 0.467. The van der Waals surface area contributed by atoms with Crippen LogP contribution in [0.5, 0.6) is 0 Å². The number of aromatic nitrogens is 3. The third kappa shape index (κ3) is 4.06. The lowest BCUT2D eigenvalue weighted by Gasteiger charge is -2.14. The third-order valence-corrected chi connectivity index (χ3v) is 4.20. The maximum Gasteiger partial charge on any atom is 0.417 e. The summed E-state index contributed by atoms with van der Waals surface area (Å²) in [6.45, 7) is 5.15. The highest BCUT2D eigenvalue weighted by Crippen LogP contribution is 2.40. The molecule has 0 amide bonds. The fourth-order valence-corrected chi connectivity index (χ4v) is 3.04. The van der Waals surface area contributed by atoms with Gasteiger partial charge in [0.2, 0.25) is 5.89 Å². The van der Waals surface area contributed by atoms with Gasteiger partial charge in [0.1, 0.15) is 11.1 Å². The SMILES string of the molecule is CCCc1noc(C(C)Sc2nc(C)cc(C(F)(F)F)c2C#N)n1. The number of pyridine rings is 1. The molecule has 1 unspecified atom stereocenters. The molecule has 0 radical (unpaired) electrons. The van der Waals surface area contributed by atoms with Gasteiger partial charge in [-0.25, -0.2) is 4.98 Å². The monoisotopic (exact) mass is 356 g/mol. The Balaban J connectivity index is 2.34. The molecule has 2 aromatic heterocycles. The molecule has 0 saturated carbocycles. The van der Waals surface area contributed by atoms with E-state index in [1.165, 1.54) is 6.92 Å². The van der Waals surface area contributed by atoms with Crippen molar-refractivity contribution < 1.29 is 17.7 Å². The Labute approximate surface area is 141 Å². The summed E-state index contributed by atoms with van der Waals surface area (Å²) in [4.78, 5) is 8.29. The number of hydrogen-bond acceptors (Lipinski definition) is 6. The molecule has 0 aliphatic carbocycles. The first-order chi connectivity index (χ1) is 11.3. The molecule has 1 atom stereocenters. The Morgan fingerprint density at radius 1 is 1.38 bits per heavy atom. The molecular formula is C15H15F3N4OS. The molecule has 0 spiro atoms. The Bertz CT molecular complexity index is 767. The van der Waals surface area contributed by atoms with Gasteiger partial charge in [0.15, 0.2) is 5.82 Å². The van der Waals surface area contributed by atoms with Crippen LogP contribution in [0.25, 0.3) is 0 Å². The van der Waals surface area contributed by atoms with Gasteiger partial charge in [0.25, 0.3) is 0 Å². The second-order valence-corrected chi connectivity index (χ2v) is 6.49. The van der Waals surface area contributed by atoms with E-state index in [4.69, 9.17) is 9.78 Å². The highest BCUT2D eigenvalue weighted by molar-refractivity contribution is 7.99. The Hall–Kier alpha value is -2.08. The van der Waals surface area contributed by atoms with Crippen LogP contribution >= 0.6 is 11.8 Å². The zero-order chi connectivity index (χ0) is 17.9. The van der Waals surface area contributed by atoms with Crippen molar-refractivity contribution in [3.05, 3.63) is 34.6 Å². The maximum atomic E-state index is 13.1. The molecule has 5 nitrogen and oxygen atoms in total. The van der Waals surface area contributed by atoms with Crippen molar-refractivity contribution in [2.45, 2.75) is 50.1 Å². The van der Waals surface area contributed by atoms with Crippen molar-refractivity contribution >= 4 is 11.8 Å². The van der Waals surface area contributed by atoms with Crippen molar-refractivity contribution in [1.82, 2.24) is 15.1 Å². The zero-order valence-electron chi connectivity index (χ0n) is 13.3. The van der Waals surface area contributed by atoms with E-state index in [0.717, 1.165) is 24.2 Å². The lowest BCUT2D eigenvalue weighted by molar-refractivity contribution is -0.138. The largest absolute Gasteiger partial charge is 0.417 e. The van der Waals surface area contributed by atoms with Crippen LogP contribution < -0.4 is 0 Å². The van der Waals surface area contributed by atoms with Gasteiger partial charge in [-0.1, -0.05) is 23.8 Å². The van der Waals surface area contributed by atoms with E-state index in [9.17, 15) is 13.2 Å². The van der Waals surface area contributed by atoms with E-state index >= 15 is 0 Å². The molecule has 128 valence electrons. The van der Waals surface area contributed by atoms with Crippen LogP contribution in [0.3, 0.4) is 0 Å². The molecule has 0 fully saturated rings. The van der Waals surface area contributed by atoms with Crippen LogP contribution in [0, 0.1) is 18.3 Å². The zero-order valence-corrected chi connectivity index (χ0v) is 14.1. The minimum atomic E-state index is -4.61. The number of nitriles is 1. The summed E-state index contributed by atoms with van der Waals surface area (Å²) in [5, 5.41) is 12.6. The predicted octanol–water partition coefficient (Wildman–Crippen LogP) is 4.47. The first-order valence-corrected chi connectivity index (χ1v) is 8.12. The third-order valence-electron chi connectivity index (χ3n) is 3.13. The normalized spacial score (nSPS) is 12.9. The average molecular weight is 356 g/mol. The molecule has 0 N–H and O–H groups in total. The summed E-state index contributed by atoms with van der Waals surface area (Å²) in [6, 6.07) is 2.48. The van der Waals surface area contributed by atoms with E-state index < -0.39 is 22.6 Å². The maximum absolute atomic E-state index is 13.1.